The van der Waals surface area contributed by atoms with Crippen LogP contribution in [0.1, 0.15) is 0 Å². The summed E-state index contributed by atoms with van der Waals surface area (Å²) in [6.07, 6.45) is 1.81. The highest BCUT2D eigenvalue weighted by Gasteiger charge is 2.22. The fraction of sp³-hybridized carbons (Fsp3) is 0.316. The molecule has 8 heteroatoms. The summed E-state index contributed by atoms with van der Waals surface area (Å²) in [6.45, 7) is 3.30. The Bertz CT molecular complexity index is 891. The number of rotatable bonds is 5. The highest BCUT2D eigenvalue weighted by Crippen LogP contribution is 2.32. The van der Waals surface area contributed by atoms with Crippen LogP contribution in [0.5, 0.6) is 11.5 Å². The SMILES string of the molecule is COc1ccc(-c2noc(N3CCN(c4ccccn4)CC3)n2)cc1OC. The molecular weight excluding hydrogens is 346 g/mol. The molecule has 1 aliphatic heterocycles. The minimum Gasteiger partial charge on any atom is -0.493 e. The monoisotopic (exact) mass is 367 g/mol. The second-order valence-electron chi connectivity index (χ2n) is 6.13. The molecule has 1 aromatic carbocycles. The summed E-state index contributed by atoms with van der Waals surface area (Å²) in [5.41, 5.74) is 0.815. The summed E-state index contributed by atoms with van der Waals surface area (Å²) in [5.74, 6) is 2.81. The quantitative estimate of drug-likeness (QED) is 0.681. The first-order valence-electron chi connectivity index (χ1n) is 8.75. The van der Waals surface area contributed by atoms with Crippen LogP contribution in [0.2, 0.25) is 0 Å². The van der Waals surface area contributed by atoms with Gasteiger partial charge in [0.2, 0.25) is 5.82 Å². The van der Waals surface area contributed by atoms with Crippen molar-refractivity contribution < 1.29 is 14.0 Å². The van der Waals surface area contributed by atoms with E-state index in [0.717, 1.165) is 37.6 Å². The van der Waals surface area contributed by atoms with Crippen LogP contribution in [0.25, 0.3) is 11.4 Å². The van der Waals surface area contributed by atoms with Gasteiger partial charge in [0.1, 0.15) is 5.82 Å². The number of anilines is 2. The Balaban J connectivity index is 1.46. The third-order valence-corrected chi connectivity index (χ3v) is 4.58. The van der Waals surface area contributed by atoms with Gasteiger partial charge in [-0.1, -0.05) is 11.2 Å². The van der Waals surface area contributed by atoms with Crippen LogP contribution in [-0.2, 0) is 0 Å². The zero-order chi connectivity index (χ0) is 18.6. The fourth-order valence-corrected chi connectivity index (χ4v) is 3.10. The van der Waals surface area contributed by atoms with E-state index < -0.39 is 0 Å². The highest BCUT2D eigenvalue weighted by atomic mass is 16.5. The van der Waals surface area contributed by atoms with E-state index in [9.17, 15) is 0 Å². The summed E-state index contributed by atoms with van der Waals surface area (Å²) in [4.78, 5) is 13.3. The average Bonchev–Trinajstić information content (AvgIpc) is 3.24. The lowest BCUT2D eigenvalue weighted by atomic mass is 10.2. The Kier molecular flexibility index (Phi) is 4.78. The Morgan fingerprint density at radius 3 is 2.41 bits per heavy atom. The van der Waals surface area contributed by atoms with Gasteiger partial charge in [0.05, 0.1) is 14.2 Å². The maximum atomic E-state index is 5.49. The molecule has 0 spiro atoms. The molecule has 0 bridgehead atoms. The molecule has 0 saturated carbocycles. The van der Waals surface area contributed by atoms with E-state index in [1.807, 2.05) is 42.6 Å². The maximum absolute atomic E-state index is 5.49. The normalized spacial score (nSPS) is 14.3. The Morgan fingerprint density at radius 2 is 1.70 bits per heavy atom. The molecule has 0 atom stereocenters. The molecule has 0 aliphatic carbocycles. The van der Waals surface area contributed by atoms with E-state index in [2.05, 4.69) is 24.9 Å². The first kappa shape index (κ1) is 17.1. The van der Waals surface area contributed by atoms with E-state index in [0.29, 0.717) is 23.3 Å². The zero-order valence-corrected chi connectivity index (χ0v) is 15.3. The third kappa shape index (κ3) is 3.51. The number of hydrogen-bond acceptors (Lipinski definition) is 8. The van der Waals surface area contributed by atoms with Crippen molar-refractivity contribution in [2.24, 2.45) is 0 Å². The molecule has 140 valence electrons. The van der Waals surface area contributed by atoms with Gasteiger partial charge in [-0.2, -0.15) is 4.98 Å². The van der Waals surface area contributed by atoms with Crippen LogP contribution < -0.4 is 19.3 Å². The van der Waals surface area contributed by atoms with Crippen molar-refractivity contribution in [3.05, 3.63) is 42.6 Å². The van der Waals surface area contributed by atoms with Gasteiger partial charge in [-0.15, -0.1) is 0 Å². The van der Waals surface area contributed by atoms with Crippen LogP contribution in [0.3, 0.4) is 0 Å². The Morgan fingerprint density at radius 1 is 0.926 bits per heavy atom. The van der Waals surface area contributed by atoms with Gasteiger partial charge in [-0.25, -0.2) is 4.98 Å². The average molecular weight is 367 g/mol. The molecule has 8 nitrogen and oxygen atoms in total. The van der Waals surface area contributed by atoms with Gasteiger partial charge < -0.3 is 23.8 Å². The predicted octanol–water partition coefficient (Wildman–Crippen LogP) is 2.48. The van der Waals surface area contributed by atoms with Crippen LogP contribution in [0, 0.1) is 0 Å². The predicted molar refractivity (Wildman–Crippen MR) is 102 cm³/mol. The van der Waals surface area contributed by atoms with E-state index in [1.165, 1.54) is 0 Å². The number of benzene rings is 1. The number of ether oxygens (including phenoxy) is 2. The van der Waals surface area contributed by atoms with E-state index >= 15 is 0 Å². The van der Waals surface area contributed by atoms with Crippen molar-refractivity contribution in [3.63, 3.8) is 0 Å². The van der Waals surface area contributed by atoms with Gasteiger partial charge in [-0.05, 0) is 30.3 Å². The first-order chi connectivity index (χ1) is 13.3. The van der Waals surface area contributed by atoms with Gasteiger partial charge in [0.15, 0.2) is 11.5 Å². The molecule has 0 amide bonds. The van der Waals surface area contributed by atoms with Crippen molar-refractivity contribution in [1.29, 1.82) is 0 Å². The molecule has 2 aromatic heterocycles. The summed E-state index contributed by atoms with van der Waals surface area (Å²) < 4.78 is 16.1. The van der Waals surface area contributed by atoms with Gasteiger partial charge >= 0.3 is 6.01 Å². The Hall–Kier alpha value is -3.29. The van der Waals surface area contributed by atoms with Gasteiger partial charge in [-0.3, -0.25) is 0 Å². The second kappa shape index (κ2) is 7.53. The summed E-state index contributed by atoms with van der Waals surface area (Å²) in [6, 6.07) is 12.0. The number of methoxy groups -OCH3 is 2. The number of hydrogen-bond donors (Lipinski definition) is 0. The molecule has 0 N–H and O–H groups in total. The van der Waals surface area contributed by atoms with Crippen LogP contribution in [0.4, 0.5) is 11.8 Å². The maximum Gasteiger partial charge on any atom is 0.324 e. The van der Waals surface area contributed by atoms with Crippen molar-refractivity contribution in [3.8, 4) is 22.9 Å². The highest BCUT2D eigenvalue weighted by molar-refractivity contribution is 5.61. The fourth-order valence-electron chi connectivity index (χ4n) is 3.10. The molecule has 3 aromatic rings. The van der Waals surface area contributed by atoms with E-state index in [4.69, 9.17) is 14.0 Å². The molecule has 1 saturated heterocycles. The van der Waals surface area contributed by atoms with E-state index in [1.54, 1.807) is 14.2 Å². The van der Waals surface area contributed by atoms with Crippen molar-refractivity contribution in [2.75, 3.05) is 50.2 Å². The first-order valence-corrected chi connectivity index (χ1v) is 8.75. The number of pyridine rings is 1. The zero-order valence-electron chi connectivity index (χ0n) is 15.3. The minimum atomic E-state index is 0.526. The topological polar surface area (TPSA) is 76.8 Å². The summed E-state index contributed by atoms with van der Waals surface area (Å²) in [7, 11) is 3.21. The lowest BCUT2D eigenvalue weighted by molar-refractivity contribution is 0.355. The summed E-state index contributed by atoms with van der Waals surface area (Å²) >= 11 is 0. The standard InChI is InChI=1S/C19H21N5O3/c1-25-15-7-6-14(13-16(15)26-2)18-21-19(27-22-18)24-11-9-23(10-12-24)17-5-3-4-8-20-17/h3-8,13H,9-12H2,1-2H3. The number of piperazine rings is 1. The number of aromatic nitrogens is 3. The smallest absolute Gasteiger partial charge is 0.324 e. The minimum absolute atomic E-state index is 0.526. The van der Waals surface area contributed by atoms with Gasteiger partial charge in [0, 0.05) is 37.9 Å². The molecule has 0 unspecified atom stereocenters. The molecule has 0 radical (unpaired) electrons. The van der Waals surface area contributed by atoms with E-state index in [-0.39, 0.29) is 0 Å². The van der Waals surface area contributed by atoms with Crippen LogP contribution >= 0.6 is 0 Å². The largest absolute Gasteiger partial charge is 0.493 e. The van der Waals surface area contributed by atoms with Crippen LogP contribution in [-0.4, -0.2) is 55.5 Å². The Labute approximate surface area is 157 Å². The van der Waals surface area contributed by atoms with Crippen LogP contribution in [0.15, 0.2) is 47.1 Å². The van der Waals surface area contributed by atoms with Crippen molar-refractivity contribution in [1.82, 2.24) is 15.1 Å². The molecular formula is C19H21N5O3. The summed E-state index contributed by atoms with van der Waals surface area (Å²) in [5, 5.41) is 4.12. The number of nitrogens with zero attached hydrogens (tertiary/aromatic N) is 5. The lowest BCUT2D eigenvalue weighted by Crippen LogP contribution is -2.47. The molecule has 4 rings (SSSR count). The molecule has 1 aliphatic rings. The molecule has 1 fully saturated rings. The molecule has 27 heavy (non-hydrogen) atoms. The lowest BCUT2D eigenvalue weighted by Gasteiger charge is -2.34. The second-order valence-corrected chi connectivity index (χ2v) is 6.13. The molecule has 3 heterocycles. The van der Waals surface area contributed by atoms with Gasteiger partial charge in [0.25, 0.3) is 0 Å². The van der Waals surface area contributed by atoms with Crippen molar-refractivity contribution in [2.45, 2.75) is 0 Å². The third-order valence-electron chi connectivity index (χ3n) is 4.58. The van der Waals surface area contributed by atoms with Crippen molar-refractivity contribution >= 4 is 11.8 Å².